The summed E-state index contributed by atoms with van der Waals surface area (Å²) < 4.78 is 28.3. The van der Waals surface area contributed by atoms with Crippen LogP contribution in [0.1, 0.15) is 6.92 Å². The van der Waals surface area contributed by atoms with Gasteiger partial charge in [-0.2, -0.15) is 0 Å². The first-order chi connectivity index (χ1) is 9.78. The van der Waals surface area contributed by atoms with Gasteiger partial charge in [-0.1, -0.05) is 6.58 Å². The topological polar surface area (TPSA) is 122 Å². The molecule has 1 amide bonds. The summed E-state index contributed by atoms with van der Waals surface area (Å²) in [5.74, 6) is -0.772. The third-order valence-electron chi connectivity index (χ3n) is 2.00. The molecule has 0 radical (unpaired) electrons. The van der Waals surface area contributed by atoms with E-state index in [1.807, 2.05) is 0 Å². The van der Waals surface area contributed by atoms with Gasteiger partial charge in [-0.05, 0) is 0 Å². The SMILES string of the molecule is C=CC(=O)OC.CC(=O)Nc1ccccc1[As](=O)(O)OO. The summed E-state index contributed by atoms with van der Waals surface area (Å²) in [6, 6.07) is 5.84. The van der Waals surface area contributed by atoms with Crippen LogP contribution in [0.5, 0.6) is 0 Å². The molecule has 9 heteroatoms. The number of carbonyl (C=O) groups is 2. The van der Waals surface area contributed by atoms with Crippen molar-refractivity contribution in [2.75, 3.05) is 12.4 Å². The number of benzene rings is 1. The summed E-state index contributed by atoms with van der Waals surface area (Å²) >= 11 is -4.92. The Bertz CT molecular complexity index is 558. The number of esters is 1. The molecule has 1 rings (SSSR count). The van der Waals surface area contributed by atoms with Gasteiger partial charge in [0, 0.05) is 6.08 Å². The molecule has 0 heterocycles. The summed E-state index contributed by atoms with van der Waals surface area (Å²) in [7, 11) is 1.31. The van der Waals surface area contributed by atoms with E-state index >= 15 is 0 Å². The molecule has 1 aromatic rings. The number of nitrogens with one attached hydrogen (secondary N) is 1. The quantitative estimate of drug-likeness (QED) is 0.228. The Morgan fingerprint density at radius 3 is 2.33 bits per heavy atom. The van der Waals surface area contributed by atoms with E-state index in [9.17, 15) is 17.4 Å². The molecule has 8 nitrogen and oxygen atoms in total. The third-order valence-corrected chi connectivity index (χ3v) is 4.56. The van der Waals surface area contributed by atoms with E-state index in [4.69, 9.17) is 5.26 Å². The van der Waals surface area contributed by atoms with Crippen molar-refractivity contribution in [1.82, 2.24) is 0 Å². The second-order valence-corrected chi connectivity index (χ2v) is 7.06. The summed E-state index contributed by atoms with van der Waals surface area (Å²) in [5, 5.41) is 10.7. The Labute approximate surface area is 124 Å². The normalized spacial score (nSPS) is 12.2. The molecule has 0 saturated carbocycles. The van der Waals surface area contributed by atoms with Crippen molar-refractivity contribution in [1.29, 1.82) is 0 Å². The fourth-order valence-electron chi connectivity index (χ4n) is 1.14. The van der Waals surface area contributed by atoms with Crippen LogP contribution in [0.4, 0.5) is 5.69 Å². The van der Waals surface area contributed by atoms with Crippen molar-refractivity contribution >= 4 is 36.1 Å². The number of anilines is 1. The molecular weight excluding hydrogens is 345 g/mol. The Morgan fingerprint density at radius 2 is 1.95 bits per heavy atom. The van der Waals surface area contributed by atoms with Crippen molar-refractivity contribution in [3.63, 3.8) is 0 Å². The minimum absolute atomic E-state index is 0.103. The number of ether oxygens (including phenoxy) is 1. The summed E-state index contributed by atoms with van der Waals surface area (Å²) in [5.41, 5.74) is 0.157. The molecular formula is C12H16AsNO7. The first-order valence-corrected chi connectivity index (χ1v) is 8.83. The van der Waals surface area contributed by atoms with E-state index in [1.54, 1.807) is 6.07 Å². The second kappa shape index (κ2) is 9.14. The molecule has 1 unspecified atom stereocenters. The molecule has 1 aromatic carbocycles. The monoisotopic (exact) mass is 361 g/mol. The Kier molecular flexibility index (Phi) is 8.33. The molecule has 116 valence electrons. The van der Waals surface area contributed by atoms with Gasteiger partial charge < -0.3 is 4.74 Å². The predicted octanol–water partition coefficient (Wildman–Crippen LogP) is 0.0487. The number of para-hydroxylation sites is 1. The van der Waals surface area contributed by atoms with E-state index in [-0.39, 0.29) is 15.9 Å². The number of hydrogen-bond acceptors (Lipinski definition) is 6. The average molecular weight is 361 g/mol. The van der Waals surface area contributed by atoms with Gasteiger partial charge in [0.15, 0.2) is 0 Å². The molecule has 0 bridgehead atoms. The standard InChI is InChI=1S/C8H10AsNO5.C4H6O2/c1-6(11)10-8-5-3-2-4-7(8)9(12,13)15-14;1-3-4(5)6-2/h2-5,14H,1H3,(H,10,11)(H,12,13);3H,1H2,2H3. The van der Waals surface area contributed by atoms with Gasteiger partial charge in [0.05, 0.1) is 7.11 Å². The second-order valence-electron chi connectivity index (χ2n) is 3.53. The van der Waals surface area contributed by atoms with Crippen LogP contribution in [-0.4, -0.2) is 42.5 Å². The molecule has 0 aliphatic rings. The first kappa shape index (κ1) is 19.1. The van der Waals surface area contributed by atoms with Crippen LogP contribution >= 0.6 is 0 Å². The van der Waals surface area contributed by atoms with Crippen molar-refractivity contribution < 1.29 is 31.3 Å². The van der Waals surface area contributed by atoms with Crippen LogP contribution in [0.3, 0.4) is 0 Å². The number of rotatable bonds is 4. The van der Waals surface area contributed by atoms with Crippen molar-refractivity contribution in [2.45, 2.75) is 6.92 Å². The molecule has 3 N–H and O–H groups in total. The molecule has 21 heavy (non-hydrogen) atoms. The van der Waals surface area contributed by atoms with E-state index in [1.165, 1.54) is 32.2 Å². The summed E-state index contributed by atoms with van der Waals surface area (Å²) in [4.78, 5) is 20.6. The van der Waals surface area contributed by atoms with Gasteiger partial charge in [0.25, 0.3) is 0 Å². The molecule has 0 aromatic heterocycles. The van der Waals surface area contributed by atoms with Gasteiger partial charge >= 0.3 is 94.4 Å². The zero-order valence-corrected chi connectivity index (χ0v) is 13.4. The Hall–Kier alpha value is -1.86. The number of methoxy groups -OCH3 is 1. The van der Waals surface area contributed by atoms with Gasteiger partial charge in [0.1, 0.15) is 0 Å². The maximum absolute atomic E-state index is 11.4. The Morgan fingerprint density at radius 1 is 1.38 bits per heavy atom. The zero-order valence-electron chi connectivity index (χ0n) is 11.5. The minimum atomic E-state index is -4.92. The summed E-state index contributed by atoms with van der Waals surface area (Å²) in [6.07, 6.45) is 1.11. The predicted molar refractivity (Wildman–Crippen MR) is 75.0 cm³/mol. The number of hydrogen-bond donors (Lipinski definition) is 3. The maximum atomic E-state index is 11.4. The fraction of sp³-hybridized carbons (Fsp3) is 0.167. The molecule has 0 saturated heterocycles. The van der Waals surface area contributed by atoms with Crippen molar-refractivity contribution in [3.05, 3.63) is 36.9 Å². The van der Waals surface area contributed by atoms with Crippen LogP contribution in [0.15, 0.2) is 36.9 Å². The van der Waals surface area contributed by atoms with Crippen molar-refractivity contribution in [3.8, 4) is 0 Å². The molecule has 0 aliphatic carbocycles. The molecule has 0 spiro atoms. The van der Waals surface area contributed by atoms with E-state index in [0.29, 0.717) is 0 Å². The van der Waals surface area contributed by atoms with Gasteiger partial charge in [0.2, 0.25) is 0 Å². The fourth-order valence-corrected chi connectivity index (χ4v) is 2.82. The third kappa shape index (κ3) is 6.91. The number of amides is 1. The van der Waals surface area contributed by atoms with Crippen LogP contribution in [0.25, 0.3) is 0 Å². The molecule has 1 atom stereocenters. The average Bonchev–Trinajstić information content (AvgIpc) is 2.46. The summed E-state index contributed by atoms with van der Waals surface area (Å²) in [6.45, 7) is 4.43. The van der Waals surface area contributed by atoms with Crippen LogP contribution in [0, 0.1) is 0 Å². The molecule has 0 fully saturated rings. The van der Waals surface area contributed by atoms with Crippen LogP contribution in [0.2, 0.25) is 0 Å². The van der Waals surface area contributed by atoms with Gasteiger partial charge in [-0.15, -0.1) is 0 Å². The van der Waals surface area contributed by atoms with Crippen molar-refractivity contribution in [2.24, 2.45) is 0 Å². The first-order valence-electron chi connectivity index (χ1n) is 5.52. The van der Waals surface area contributed by atoms with Gasteiger partial charge in [-0.3, -0.25) is 0 Å². The number of carbonyl (C=O) groups excluding carboxylic acids is 2. The zero-order chi connectivity index (χ0) is 16.5. The van der Waals surface area contributed by atoms with Crippen LogP contribution < -0.4 is 9.67 Å². The Balaban J connectivity index is 0.000000567. The van der Waals surface area contributed by atoms with E-state index < -0.39 is 20.1 Å². The van der Waals surface area contributed by atoms with E-state index in [0.717, 1.165) is 6.08 Å². The van der Waals surface area contributed by atoms with E-state index in [2.05, 4.69) is 20.5 Å². The molecule has 0 aliphatic heterocycles. The van der Waals surface area contributed by atoms with Gasteiger partial charge in [-0.25, -0.2) is 4.79 Å². The van der Waals surface area contributed by atoms with Crippen LogP contribution in [-0.2, 0) is 21.9 Å².